The number of anilines is 1. The lowest BCUT2D eigenvalue weighted by molar-refractivity contribution is -0.113. The number of rotatable bonds is 3. The van der Waals surface area contributed by atoms with Gasteiger partial charge in [-0.3, -0.25) is 24.5 Å². The molecule has 1 aromatic carbocycles. The van der Waals surface area contributed by atoms with E-state index in [0.29, 0.717) is 11.4 Å². The molecule has 1 aliphatic heterocycles. The van der Waals surface area contributed by atoms with Crippen LogP contribution in [0.15, 0.2) is 41.3 Å². The second kappa shape index (κ2) is 6.53. The van der Waals surface area contributed by atoms with Crippen molar-refractivity contribution in [3.63, 3.8) is 0 Å². The first-order chi connectivity index (χ1) is 12.6. The van der Waals surface area contributed by atoms with Crippen LogP contribution >= 0.6 is 11.8 Å². The number of amides is 1. The van der Waals surface area contributed by atoms with Crippen LogP contribution in [0, 0.1) is 0 Å². The molecule has 0 unspecified atom stereocenters. The first kappa shape index (κ1) is 16.7. The van der Waals surface area contributed by atoms with E-state index in [1.807, 2.05) is 44.2 Å². The molecule has 0 spiro atoms. The summed E-state index contributed by atoms with van der Waals surface area (Å²) in [7, 11) is 0. The Balaban J connectivity index is 1.89. The fourth-order valence-corrected chi connectivity index (χ4v) is 4.34. The predicted molar refractivity (Wildman–Crippen MR) is 102 cm³/mol. The Morgan fingerprint density at radius 2 is 2.00 bits per heavy atom. The molecule has 8 heteroatoms. The van der Waals surface area contributed by atoms with Crippen LogP contribution in [-0.2, 0) is 4.79 Å². The van der Waals surface area contributed by atoms with Crippen LogP contribution in [0.25, 0.3) is 11.3 Å². The molecule has 3 N–H and O–H groups in total. The van der Waals surface area contributed by atoms with Crippen LogP contribution in [0.3, 0.4) is 0 Å². The van der Waals surface area contributed by atoms with Crippen LogP contribution in [-0.4, -0.2) is 31.6 Å². The summed E-state index contributed by atoms with van der Waals surface area (Å²) >= 11 is 1.44. The maximum atomic E-state index is 12.7. The largest absolute Gasteiger partial charge is 0.310 e. The Labute approximate surface area is 154 Å². The number of H-pyrrole nitrogens is 2. The lowest BCUT2D eigenvalue weighted by atomic mass is 10.0. The number of thioether (sulfide) groups is 1. The van der Waals surface area contributed by atoms with Gasteiger partial charge in [-0.05, 0) is 19.4 Å². The van der Waals surface area contributed by atoms with Crippen LogP contribution in [0.2, 0.25) is 0 Å². The van der Waals surface area contributed by atoms with Crippen LogP contribution in [0.5, 0.6) is 0 Å². The van der Waals surface area contributed by atoms with E-state index in [9.17, 15) is 9.59 Å². The average Bonchev–Trinajstić information content (AvgIpc) is 3.18. The molecule has 3 heterocycles. The predicted octanol–water partition coefficient (Wildman–Crippen LogP) is 2.92. The van der Waals surface area contributed by atoms with Crippen molar-refractivity contribution >= 4 is 23.5 Å². The highest BCUT2D eigenvalue weighted by molar-refractivity contribution is 8.00. The van der Waals surface area contributed by atoms with Gasteiger partial charge in [-0.1, -0.05) is 30.3 Å². The smallest absolute Gasteiger partial charge is 0.270 e. The van der Waals surface area contributed by atoms with Gasteiger partial charge < -0.3 is 5.32 Å². The molecule has 0 saturated carbocycles. The standard InChI is InChI=1S/C18H19N5O2S/c1-10(2)23-17-14(18(25)22-23)16(26-9-13(24)20-17)12-8-19-21-15(12)11-6-4-3-5-7-11/h3-8,10,16H,9H2,1-2H3,(H,19,21)(H,20,24)(H,22,25)/t16-/m0/s1. The van der Waals surface area contributed by atoms with E-state index in [1.165, 1.54) is 11.8 Å². The van der Waals surface area contributed by atoms with Gasteiger partial charge in [0.1, 0.15) is 5.82 Å². The Hall–Kier alpha value is -2.74. The summed E-state index contributed by atoms with van der Waals surface area (Å²) in [6.45, 7) is 3.92. The summed E-state index contributed by atoms with van der Waals surface area (Å²) in [6, 6.07) is 9.87. The van der Waals surface area contributed by atoms with Gasteiger partial charge in [0.2, 0.25) is 5.91 Å². The minimum atomic E-state index is -0.290. The molecule has 3 aromatic rings. The van der Waals surface area contributed by atoms with Crippen molar-refractivity contribution in [2.24, 2.45) is 0 Å². The third kappa shape index (κ3) is 2.76. The van der Waals surface area contributed by atoms with Crippen molar-refractivity contribution in [3.05, 3.63) is 58.0 Å². The summed E-state index contributed by atoms with van der Waals surface area (Å²) in [5, 5.41) is 12.7. The van der Waals surface area contributed by atoms with E-state index in [0.717, 1.165) is 16.8 Å². The van der Waals surface area contributed by atoms with Crippen LogP contribution in [0.4, 0.5) is 5.82 Å². The van der Waals surface area contributed by atoms with Gasteiger partial charge in [0.15, 0.2) is 0 Å². The quantitative estimate of drug-likeness (QED) is 0.661. The van der Waals surface area contributed by atoms with Crippen molar-refractivity contribution in [3.8, 4) is 11.3 Å². The van der Waals surface area contributed by atoms with Gasteiger partial charge in [-0.25, -0.2) is 0 Å². The van der Waals surface area contributed by atoms with Gasteiger partial charge in [-0.15, -0.1) is 11.8 Å². The fraction of sp³-hybridized carbons (Fsp3) is 0.278. The zero-order valence-electron chi connectivity index (χ0n) is 14.4. The summed E-state index contributed by atoms with van der Waals surface area (Å²) in [6.07, 6.45) is 1.74. The monoisotopic (exact) mass is 369 g/mol. The van der Waals surface area contributed by atoms with E-state index in [1.54, 1.807) is 10.9 Å². The van der Waals surface area contributed by atoms with Gasteiger partial charge in [0.25, 0.3) is 5.56 Å². The second-order valence-electron chi connectivity index (χ2n) is 6.47. The number of benzene rings is 1. The Morgan fingerprint density at radius 3 is 2.73 bits per heavy atom. The number of nitrogens with one attached hydrogen (secondary N) is 3. The Morgan fingerprint density at radius 1 is 1.23 bits per heavy atom. The second-order valence-corrected chi connectivity index (χ2v) is 7.57. The molecular formula is C18H19N5O2S. The third-order valence-electron chi connectivity index (χ3n) is 4.39. The van der Waals surface area contributed by atoms with Crippen LogP contribution < -0.4 is 10.9 Å². The van der Waals surface area contributed by atoms with Gasteiger partial charge in [0.05, 0.1) is 28.5 Å². The number of hydrogen-bond acceptors (Lipinski definition) is 4. The summed E-state index contributed by atoms with van der Waals surface area (Å²) in [5.74, 6) is 0.707. The van der Waals surface area contributed by atoms with E-state index >= 15 is 0 Å². The highest BCUT2D eigenvalue weighted by Gasteiger charge is 2.33. The topological polar surface area (TPSA) is 95.6 Å². The number of fused-ring (bicyclic) bond motifs is 1. The summed E-state index contributed by atoms with van der Waals surface area (Å²) in [5.41, 5.74) is 3.12. The number of carbonyl (C=O) groups excluding carboxylic acids is 1. The molecule has 2 aromatic heterocycles. The first-order valence-corrected chi connectivity index (χ1v) is 9.45. The summed E-state index contributed by atoms with van der Waals surface area (Å²) in [4.78, 5) is 24.9. The van der Waals surface area contributed by atoms with Gasteiger partial charge in [-0.2, -0.15) is 5.10 Å². The number of nitrogens with zero attached hydrogens (tertiary/aromatic N) is 2. The van der Waals surface area contributed by atoms with Crippen LogP contribution in [0.1, 0.15) is 36.3 Å². The van der Waals surface area contributed by atoms with Crippen molar-refractivity contribution in [2.75, 3.05) is 11.1 Å². The SMILES string of the molecule is CC(C)n1[nH]c(=O)c2c1NC(=O)CS[C@H]2c1cn[nH]c1-c1ccccc1. The lowest BCUT2D eigenvalue weighted by Gasteiger charge is -2.15. The number of aromatic nitrogens is 4. The van der Waals surface area contributed by atoms with Crippen molar-refractivity contribution < 1.29 is 4.79 Å². The number of carbonyl (C=O) groups is 1. The number of hydrogen-bond donors (Lipinski definition) is 3. The molecule has 4 rings (SSSR count). The molecule has 0 aliphatic carbocycles. The maximum absolute atomic E-state index is 12.7. The molecule has 7 nitrogen and oxygen atoms in total. The van der Waals surface area contributed by atoms with E-state index in [-0.39, 0.29) is 28.5 Å². The normalized spacial score (nSPS) is 17.0. The molecule has 1 atom stereocenters. The maximum Gasteiger partial charge on any atom is 0.270 e. The molecule has 0 radical (unpaired) electrons. The molecule has 0 fully saturated rings. The molecule has 26 heavy (non-hydrogen) atoms. The minimum absolute atomic E-state index is 0.0217. The Kier molecular flexibility index (Phi) is 4.20. The Bertz CT molecular complexity index is 1000. The number of aromatic amines is 2. The van der Waals surface area contributed by atoms with Gasteiger partial charge >= 0.3 is 0 Å². The molecule has 134 valence electrons. The third-order valence-corrected chi connectivity index (χ3v) is 5.65. The zero-order chi connectivity index (χ0) is 18.3. The first-order valence-electron chi connectivity index (χ1n) is 8.40. The molecular weight excluding hydrogens is 350 g/mol. The molecule has 0 bridgehead atoms. The molecule has 0 saturated heterocycles. The van der Waals surface area contributed by atoms with E-state index in [4.69, 9.17) is 0 Å². The van der Waals surface area contributed by atoms with Gasteiger partial charge in [0, 0.05) is 11.6 Å². The highest BCUT2D eigenvalue weighted by atomic mass is 32.2. The van der Waals surface area contributed by atoms with Crippen molar-refractivity contribution in [2.45, 2.75) is 25.1 Å². The molecule has 1 aliphatic rings. The van der Waals surface area contributed by atoms with E-state index < -0.39 is 0 Å². The zero-order valence-corrected chi connectivity index (χ0v) is 15.3. The highest BCUT2D eigenvalue weighted by Crippen LogP contribution is 2.43. The summed E-state index contributed by atoms with van der Waals surface area (Å²) < 4.78 is 1.72. The average molecular weight is 369 g/mol. The van der Waals surface area contributed by atoms with Crippen molar-refractivity contribution in [1.82, 2.24) is 20.0 Å². The molecule has 1 amide bonds. The van der Waals surface area contributed by atoms with Crippen molar-refractivity contribution in [1.29, 1.82) is 0 Å². The lowest BCUT2D eigenvalue weighted by Crippen LogP contribution is -2.17. The van der Waals surface area contributed by atoms with E-state index in [2.05, 4.69) is 20.6 Å². The fourth-order valence-electron chi connectivity index (χ4n) is 3.21. The minimum Gasteiger partial charge on any atom is -0.310 e.